The first-order valence-corrected chi connectivity index (χ1v) is 15.4. The highest BCUT2D eigenvalue weighted by molar-refractivity contribution is 6.19. The maximum absolute atomic E-state index is 2.50. The van der Waals surface area contributed by atoms with Gasteiger partial charge in [-0.3, -0.25) is 0 Å². The van der Waals surface area contributed by atoms with Gasteiger partial charge in [0.15, 0.2) is 0 Å². The number of benzene rings is 6. The molecule has 9 aromatic rings. The van der Waals surface area contributed by atoms with Gasteiger partial charge >= 0.3 is 0 Å². The van der Waals surface area contributed by atoms with E-state index in [4.69, 9.17) is 0 Å². The van der Waals surface area contributed by atoms with E-state index in [0.717, 1.165) is 0 Å². The Morgan fingerprint density at radius 3 is 1.84 bits per heavy atom. The quantitative estimate of drug-likeness (QED) is 0.199. The Bertz CT molecular complexity index is 2620. The van der Waals surface area contributed by atoms with Gasteiger partial charge < -0.3 is 13.7 Å². The number of hydrogen-bond acceptors (Lipinski definition) is 0. The summed E-state index contributed by atoms with van der Waals surface area (Å²) in [6, 6.07) is 51.3. The summed E-state index contributed by atoms with van der Waals surface area (Å²) >= 11 is 0. The molecule has 3 nitrogen and oxygen atoms in total. The summed E-state index contributed by atoms with van der Waals surface area (Å²) in [7, 11) is 0. The molecular weight excluding hydrogens is 534 g/mol. The van der Waals surface area contributed by atoms with Crippen molar-refractivity contribution in [2.24, 2.45) is 0 Å². The average Bonchev–Trinajstić information content (AvgIpc) is 3.77. The molecule has 4 heterocycles. The first-order chi connectivity index (χ1) is 21.6. The van der Waals surface area contributed by atoms with Gasteiger partial charge in [-0.15, -0.1) is 0 Å². The second kappa shape index (κ2) is 8.30. The number of hydrogen-bond donors (Lipinski definition) is 0. The van der Waals surface area contributed by atoms with Crippen molar-refractivity contribution in [3.05, 3.63) is 151 Å². The lowest BCUT2D eigenvalue weighted by Crippen LogP contribution is -2.14. The Morgan fingerprint density at radius 1 is 0.409 bits per heavy atom. The molecule has 0 saturated carbocycles. The third kappa shape index (κ3) is 2.91. The zero-order chi connectivity index (χ0) is 29.2. The maximum Gasteiger partial charge on any atom is 0.0635 e. The molecule has 44 heavy (non-hydrogen) atoms. The van der Waals surface area contributed by atoms with Crippen molar-refractivity contribution < 1.29 is 0 Å². The van der Waals surface area contributed by atoms with Gasteiger partial charge in [-0.05, 0) is 66.2 Å². The van der Waals surface area contributed by atoms with Crippen molar-refractivity contribution in [1.82, 2.24) is 13.7 Å². The Kier molecular flexibility index (Phi) is 4.52. The number of nitrogens with zero attached hydrogens (tertiary/aromatic N) is 3. The standard InChI is InChI=1S/C41H29N3/c1-41(2)33-16-8-11-19-38(33)44-37-23-21-30-28-14-6-10-18-35(28)43(40(30)32(37)25-39(41)44)27-20-22-36-31(24-27)29-15-7-9-17-34(29)42(36)26-12-4-3-5-13-26/h3-25H,1-2H3. The summed E-state index contributed by atoms with van der Waals surface area (Å²) in [6.07, 6.45) is 0. The SMILES string of the molecule is CC1(C)c2ccccc2-n2c1cc1c2ccc2c3ccccc3n(-c3ccc4c(c3)c3ccccc3n4-c3ccccc3)c21. The molecule has 10 rings (SSSR count). The molecule has 0 atom stereocenters. The van der Waals surface area contributed by atoms with Gasteiger partial charge in [0.1, 0.15) is 0 Å². The van der Waals surface area contributed by atoms with E-state index in [1.807, 2.05) is 0 Å². The summed E-state index contributed by atoms with van der Waals surface area (Å²) in [5.74, 6) is 0. The lowest BCUT2D eigenvalue weighted by atomic mass is 9.83. The van der Waals surface area contributed by atoms with Crippen LogP contribution in [-0.2, 0) is 5.41 Å². The first-order valence-electron chi connectivity index (χ1n) is 15.4. The van der Waals surface area contributed by atoms with E-state index < -0.39 is 0 Å². The van der Waals surface area contributed by atoms with Gasteiger partial charge in [0.05, 0.1) is 27.6 Å². The Morgan fingerprint density at radius 2 is 1.02 bits per heavy atom. The molecular formula is C41H29N3. The first kappa shape index (κ1) is 24.0. The zero-order valence-corrected chi connectivity index (χ0v) is 24.6. The molecule has 3 aromatic heterocycles. The summed E-state index contributed by atoms with van der Waals surface area (Å²) in [5, 5.41) is 6.38. The van der Waals surface area contributed by atoms with E-state index in [0.29, 0.717) is 0 Å². The lowest BCUT2D eigenvalue weighted by molar-refractivity contribution is 0.645. The molecule has 208 valence electrons. The number of para-hydroxylation sites is 4. The largest absolute Gasteiger partial charge is 0.312 e. The summed E-state index contributed by atoms with van der Waals surface area (Å²) in [6.45, 7) is 4.71. The fourth-order valence-corrected chi connectivity index (χ4v) is 8.02. The second-order valence-electron chi connectivity index (χ2n) is 12.6. The van der Waals surface area contributed by atoms with Crippen molar-refractivity contribution in [3.63, 3.8) is 0 Å². The van der Waals surface area contributed by atoms with Crippen molar-refractivity contribution >= 4 is 54.5 Å². The molecule has 0 unspecified atom stereocenters. The monoisotopic (exact) mass is 563 g/mol. The van der Waals surface area contributed by atoms with Crippen LogP contribution in [0.15, 0.2) is 140 Å². The summed E-state index contributed by atoms with van der Waals surface area (Å²) in [5.41, 5.74) is 12.5. The van der Waals surface area contributed by atoms with Gasteiger partial charge in [0.2, 0.25) is 0 Å². The number of rotatable bonds is 2. The van der Waals surface area contributed by atoms with Crippen molar-refractivity contribution in [1.29, 1.82) is 0 Å². The summed E-state index contributed by atoms with van der Waals surface area (Å²) < 4.78 is 7.37. The minimum Gasteiger partial charge on any atom is -0.312 e. The van der Waals surface area contributed by atoms with Crippen LogP contribution in [0.25, 0.3) is 71.6 Å². The van der Waals surface area contributed by atoms with E-state index in [-0.39, 0.29) is 5.41 Å². The van der Waals surface area contributed by atoms with E-state index in [9.17, 15) is 0 Å². The predicted molar refractivity (Wildman–Crippen MR) is 184 cm³/mol. The van der Waals surface area contributed by atoms with E-state index >= 15 is 0 Å². The van der Waals surface area contributed by atoms with Gasteiger partial charge in [0.25, 0.3) is 0 Å². The van der Waals surface area contributed by atoms with Gasteiger partial charge in [-0.25, -0.2) is 0 Å². The van der Waals surface area contributed by atoms with Crippen LogP contribution in [0, 0.1) is 0 Å². The van der Waals surface area contributed by atoms with Crippen LogP contribution in [0.4, 0.5) is 0 Å². The van der Waals surface area contributed by atoms with Crippen LogP contribution in [0.2, 0.25) is 0 Å². The molecule has 3 heteroatoms. The highest BCUT2D eigenvalue weighted by Gasteiger charge is 2.37. The number of aromatic nitrogens is 3. The van der Waals surface area contributed by atoms with E-state index in [2.05, 4.69) is 167 Å². The summed E-state index contributed by atoms with van der Waals surface area (Å²) in [4.78, 5) is 0. The molecule has 0 saturated heterocycles. The molecule has 0 N–H and O–H groups in total. The molecule has 0 amide bonds. The molecule has 0 radical (unpaired) electrons. The predicted octanol–water partition coefficient (Wildman–Crippen LogP) is 10.5. The maximum atomic E-state index is 2.50. The molecule has 0 spiro atoms. The third-order valence-electron chi connectivity index (χ3n) is 10.0. The molecule has 0 aliphatic carbocycles. The number of fused-ring (bicyclic) bond motifs is 12. The van der Waals surface area contributed by atoms with Gasteiger partial charge in [-0.2, -0.15) is 0 Å². The molecule has 1 aliphatic rings. The highest BCUT2D eigenvalue weighted by atomic mass is 15.1. The van der Waals surface area contributed by atoms with Crippen LogP contribution in [0.5, 0.6) is 0 Å². The molecule has 0 fully saturated rings. The molecule has 1 aliphatic heterocycles. The molecule has 6 aromatic carbocycles. The van der Waals surface area contributed by atoms with Crippen LogP contribution >= 0.6 is 0 Å². The Labute approximate surface area is 254 Å². The van der Waals surface area contributed by atoms with E-state index in [1.165, 1.54) is 82.8 Å². The van der Waals surface area contributed by atoms with Crippen molar-refractivity contribution in [3.8, 4) is 17.1 Å². The van der Waals surface area contributed by atoms with Crippen LogP contribution < -0.4 is 0 Å². The van der Waals surface area contributed by atoms with Crippen molar-refractivity contribution in [2.45, 2.75) is 19.3 Å². The topological polar surface area (TPSA) is 14.8 Å². The average molecular weight is 564 g/mol. The third-order valence-corrected chi connectivity index (χ3v) is 10.0. The normalized spacial score (nSPS) is 13.9. The smallest absolute Gasteiger partial charge is 0.0635 e. The van der Waals surface area contributed by atoms with Crippen LogP contribution in [0.3, 0.4) is 0 Å². The fourth-order valence-electron chi connectivity index (χ4n) is 8.02. The van der Waals surface area contributed by atoms with Gasteiger partial charge in [-0.1, -0.05) is 92.7 Å². The highest BCUT2D eigenvalue weighted by Crippen LogP contribution is 2.48. The fraction of sp³-hybridized carbons (Fsp3) is 0.0732. The zero-order valence-electron chi connectivity index (χ0n) is 24.6. The Balaban J connectivity index is 1.32. The molecule has 0 bridgehead atoms. The van der Waals surface area contributed by atoms with Crippen molar-refractivity contribution in [2.75, 3.05) is 0 Å². The minimum atomic E-state index is -0.0725. The lowest BCUT2D eigenvalue weighted by Gasteiger charge is -2.18. The Hall–Kier alpha value is -5.54. The van der Waals surface area contributed by atoms with Crippen LogP contribution in [0.1, 0.15) is 25.1 Å². The second-order valence-corrected chi connectivity index (χ2v) is 12.6. The van der Waals surface area contributed by atoms with E-state index in [1.54, 1.807) is 0 Å². The minimum absolute atomic E-state index is 0.0725. The van der Waals surface area contributed by atoms with Crippen LogP contribution in [-0.4, -0.2) is 13.7 Å². The van der Waals surface area contributed by atoms with Gasteiger partial charge in [0, 0.05) is 55.1 Å².